The normalized spacial score (nSPS) is 15.3. The SMILES string of the molecule is CS(=O)(=O)c1cccnc1-c1noc(C(F)=C2CCCC2)n1. The second kappa shape index (κ2) is 5.60. The third kappa shape index (κ3) is 2.78. The van der Waals surface area contributed by atoms with Crippen LogP contribution in [-0.2, 0) is 9.84 Å². The van der Waals surface area contributed by atoms with Crippen LogP contribution in [0.3, 0.4) is 0 Å². The molecular formula is C14H14FN3O3S. The molecule has 1 saturated carbocycles. The summed E-state index contributed by atoms with van der Waals surface area (Å²) < 4.78 is 42.7. The summed E-state index contributed by atoms with van der Waals surface area (Å²) in [5.74, 6) is -0.769. The summed E-state index contributed by atoms with van der Waals surface area (Å²) in [5.41, 5.74) is 0.726. The van der Waals surface area contributed by atoms with E-state index in [9.17, 15) is 12.8 Å². The zero-order chi connectivity index (χ0) is 15.7. The third-order valence-electron chi connectivity index (χ3n) is 3.51. The summed E-state index contributed by atoms with van der Waals surface area (Å²) in [5, 5.41) is 3.67. The van der Waals surface area contributed by atoms with Crippen molar-refractivity contribution in [3.05, 3.63) is 29.8 Å². The van der Waals surface area contributed by atoms with Crippen LogP contribution in [0.2, 0.25) is 0 Å². The van der Waals surface area contributed by atoms with Crippen LogP contribution in [0.15, 0.2) is 33.3 Å². The molecule has 0 aliphatic heterocycles. The minimum absolute atomic E-state index is 0.0173. The van der Waals surface area contributed by atoms with Crippen molar-refractivity contribution < 1.29 is 17.3 Å². The fourth-order valence-electron chi connectivity index (χ4n) is 2.44. The third-order valence-corrected chi connectivity index (χ3v) is 4.64. The van der Waals surface area contributed by atoms with Gasteiger partial charge in [-0.05, 0) is 43.4 Å². The number of allylic oxidation sites excluding steroid dienone is 1. The minimum atomic E-state index is -3.50. The number of hydrogen-bond acceptors (Lipinski definition) is 6. The van der Waals surface area contributed by atoms with E-state index in [1.807, 2.05) is 0 Å². The van der Waals surface area contributed by atoms with Gasteiger partial charge in [0, 0.05) is 12.5 Å². The molecule has 0 amide bonds. The summed E-state index contributed by atoms with van der Waals surface area (Å²) in [6, 6.07) is 2.90. The van der Waals surface area contributed by atoms with Crippen LogP contribution in [0.25, 0.3) is 17.3 Å². The van der Waals surface area contributed by atoms with E-state index in [4.69, 9.17) is 4.52 Å². The Morgan fingerprint density at radius 1 is 1.32 bits per heavy atom. The van der Waals surface area contributed by atoms with Crippen LogP contribution in [0.4, 0.5) is 4.39 Å². The van der Waals surface area contributed by atoms with E-state index in [2.05, 4.69) is 15.1 Å². The number of aromatic nitrogens is 3. The van der Waals surface area contributed by atoms with E-state index in [1.54, 1.807) is 0 Å². The zero-order valence-corrected chi connectivity index (χ0v) is 12.7. The monoisotopic (exact) mass is 323 g/mol. The lowest BCUT2D eigenvalue weighted by atomic mass is 10.2. The van der Waals surface area contributed by atoms with Gasteiger partial charge in [0.2, 0.25) is 5.82 Å². The largest absolute Gasteiger partial charge is 0.331 e. The lowest BCUT2D eigenvalue weighted by Gasteiger charge is -2.01. The van der Waals surface area contributed by atoms with Gasteiger partial charge in [-0.2, -0.15) is 4.98 Å². The molecule has 2 heterocycles. The molecule has 0 saturated heterocycles. The average Bonchev–Trinajstić information content (AvgIpc) is 3.17. The Hall–Kier alpha value is -2.09. The van der Waals surface area contributed by atoms with Crippen LogP contribution in [0, 0.1) is 0 Å². The van der Waals surface area contributed by atoms with Gasteiger partial charge in [0.1, 0.15) is 5.69 Å². The maximum atomic E-state index is 14.2. The van der Waals surface area contributed by atoms with Gasteiger partial charge in [-0.15, -0.1) is 0 Å². The lowest BCUT2D eigenvalue weighted by Crippen LogP contribution is -2.02. The zero-order valence-electron chi connectivity index (χ0n) is 11.9. The molecule has 8 heteroatoms. The van der Waals surface area contributed by atoms with Gasteiger partial charge in [-0.1, -0.05) is 5.16 Å². The quantitative estimate of drug-likeness (QED) is 0.863. The highest BCUT2D eigenvalue weighted by molar-refractivity contribution is 7.90. The molecule has 116 valence electrons. The summed E-state index contributed by atoms with van der Waals surface area (Å²) in [7, 11) is -3.50. The van der Waals surface area contributed by atoms with Gasteiger partial charge in [0.15, 0.2) is 15.7 Å². The summed E-state index contributed by atoms with van der Waals surface area (Å²) >= 11 is 0. The van der Waals surface area contributed by atoms with Crippen LogP contribution in [0.1, 0.15) is 31.6 Å². The van der Waals surface area contributed by atoms with E-state index in [1.165, 1.54) is 18.3 Å². The highest BCUT2D eigenvalue weighted by Crippen LogP contribution is 2.32. The second-order valence-electron chi connectivity index (χ2n) is 5.17. The van der Waals surface area contributed by atoms with Crippen molar-refractivity contribution in [3.63, 3.8) is 0 Å². The highest BCUT2D eigenvalue weighted by Gasteiger charge is 2.23. The Morgan fingerprint density at radius 2 is 2.05 bits per heavy atom. The molecule has 0 bridgehead atoms. The number of hydrogen-bond donors (Lipinski definition) is 0. The van der Waals surface area contributed by atoms with Crippen LogP contribution < -0.4 is 0 Å². The maximum absolute atomic E-state index is 14.2. The molecule has 0 aromatic carbocycles. The molecule has 0 atom stereocenters. The first kappa shape index (κ1) is 14.8. The Bertz CT molecular complexity index is 835. The molecule has 2 aromatic rings. The average molecular weight is 323 g/mol. The molecule has 0 radical (unpaired) electrons. The van der Waals surface area contributed by atoms with Gasteiger partial charge in [0.25, 0.3) is 5.89 Å². The van der Waals surface area contributed by atoms with E-state index in [-0.39, 0.29) is 22.3 Å². The fraction of sp³-hybridized carbons (Fsp3) is 0.357. The Balaban J connectivity index is 2.04. The molecular weight excluding hydrogens is 309 g/mol. The molecule has 1 fully saturated rings. The second-order valence-corrected chi connectivity index (χ2v) is 7.15. The molecule has 0 unspecified atom stereocenters. The Kier molecular flexibility index (Phi) is 3.78. The van der Waals surface area contributed by atoms with Gasteiger partial charge in [-0.3, -0.25) is 4.98 Å². The predicted molar refractivity (Wildman–Crippen MR) is 77.1 cm³/mol. The van der Waals surface area contributed by atoms with Gasteiger partial charge in [0.05, 0.1) is 4.90 Å². The topological polar surface area (TPSA) is 86.0 Å². The van der Waals surface area contributed by atoms with E-state index >= 15 is 0 Å². The van der Waals surface area contributed by atoms with E-state index in [0.29, 0.717) is 18.4 Å². The Morgan fingerprint density at radius 3 is 2.73 bits per heavy atom. The number of pyridine rings is 1. The number of rotatable bonds is 3. The molecule has 22 heavy (non-hydrogen) atoms. The minimum Gasteiger partial charge on any atom is -0.331 e. The molecule has 6 nitrogen and oxygen atoms in total. The lowest BCUT2D eigenvalue weighted by molar-refractivity contribution is 0.397. The molecule has 2 aromatic heterocycles. The van der Waals surface area contributed by atoms with Crippen molar-refractivity contribution in [2.75, 3.05) is 6.26 Å². The Labute approximate surface area is 127 Å². The molecule has 0 N–H and O–H groups in total. The van der Waals surface area contributed by atoms with Crippen molar-refractivity contribution in [1.29, 1.82) is 0 Å². The van der Waals surface area contributed by atoms with Crippen molar-refractivity contribution in [2.45, 2.75) is 30.6 Å². The van der Waals surface area contributed by atoms with Crippen molar-refractivity contribution >= 4 is 15.7 Å². The summed E-state index contributed by atoms with van der Waals surface area (Å²) in [4.78, 5) is 7.93. The van der Waals surface area contributed by atoms with Gasteiger partial charge in [-0.25, -0.2) is 12.8 Å². The smallest absolute Gasteiger partial charge is 0.286 e. The van der Waals surface area contributed by atoms with E-state index < -0.39 is 15.7 Å². The maximum Gasteiger partial charge on any atom is 0.286 e. The molecule has 0 spiro atoms. The first-order valence-electron chi connectivity index (χ1n) is 6.84. The van der Waals surface area contributed by atoms with Crippen molar-refractivity contribution in [2.24, 2.45) is 0 Å². The summed E-state index contributed by atoms with van der Waals surface area (Å²) in [6.45, 7) is 0. The highest BCUT2D eigenvalue weighted by atomic mass is 32.2. The van der Waals surface area contributed by atoms with Crippen LogP contribution in [0.5, 0.6) is 0 Å². The first-order chi connectivity index (χ1) is 10.5. The first-order valence-corrected chi connectivity index (χ1v) is 8.73. The summed E-state index contributed by atoms with van der Waals surface area (Å²) in [6.07, 6.45) is 5.75. The fourth-order valence-corrected chi connectivity index (χ4v) is 3.26. The van der Waals surface area contributed by atoms with Crippen LogP contribution in [-0.4, -0.2) is 29.8 Å². The predicted octanol–water partition coefficient (Wildman–Crippen LogP) is 2.79. The van der Waals surface area contributed by atoms with Crippen molar-refractivity contribution in [1.82, 2.24) is 15.1 Å². The van der Waals surface area contributed by atoms with E-state index in [0.717, 1.165) is 19.1 Å². The number of nitrogens with zero attached hydrogens (tertiary/aromatic N) is 3. The molecule has 1 aliphatic carbocycles. The van der Waals surface area contributed by atoms with Gasteiger partial charge < -0.3 is 4.52 Å². The number of halogens is 1. The van der Waals surface area contributed by atoms with Crippen molar-refractivity contribution in [3.8, 4) is 11.5 Å². The van der Waals surface area contributed by atoms with Gasteiger partial charge >= 0.3 is 0 Å². The van der Waals surface area contributed by atoms with Crippen LogP contribution >= 0.6 is 0 Å². The number of sulfone groups is 1. The molecule has 3 rings (SSSR count). The molecule has 1 aliphatic rings. The standard InChI is InChI=1S/C14H14FN3O3S/c1-22(19,20)10-7-4-8-16-12(10)13-17-14(21-18-13)11(15)9-5-2-3-6-9/h4,7-8H,2-3,5-6H2,1H3.